The maximum atomic E-state index is 12.1. The van der Waals surface area contributed by atoms with E-state index in [0.29, 0.717) is 0 Å². The van der Waals surface area contributed by atoms with Crippen molar-refractivity contribution in [2.24, 2.45) is 0 Å². The number of rotatable bonds is 4. The summed E-state index contributed by atoms with van der Waals surface area (Å²) in [7, 11) is -8.27. The molecule has 0 bridgehead atoms. The van der Waals surface area contributed by atoms with Crippen molar-refractivity contribution < 1.29 is 16.8 Å². The normalized spacial score (nSPS) is 12.3. The molecule has 2 aromatic rings. The molecule has 0 saturated heterocycles. The third-order valence-electron chi connectivity index (χ3n) is 2.85. The molecule has 1 N–H and O–H groups in total. The fourth-order valence-electron chi connectivity index (χ4n) is 1.74. The van der Waals surface area contributed by atoms with Crippen LogP contribution < -0.4 is 4.13 Å². The van der Waals surface area contributed by atoms with Gasteiger partial charge in [0.15, 0.2) is 0 Å². The summed E-state index contributed by atoms with van der Waals surface area (Å²) in [6, 6.07) is 12.0. The Bertz CT molecular complexity index is 854. The molecule has 5 nitrogen and oxygen atoms in total. The SMILES string of the molecule is Cc1ccc(S(=O)(=O)NS(=O)(=O)c2cccc(C)c2)cc1. The van der Waals surface area contributed by atoms with Crippen LogP contribution in [0.15, 0.2) is 58.3 Å². The summed E-state index contributed by atoms with van der Waals surface area (Å²) in [5, 5.41) is 0. The largest absolute Gasteiger partial charge is 0.253 e. The van der Waals surface area contributed by atoms with Crippen LogP contribution >= 0.6 is 0 Å². The van der Waals surface area contributed by atoms with E-state index < -0.39 is 20.0 Å². The second kappa shape index (κ2) is 5.59. The van der Waals surface area contributed by atoms with Crippen LogP contribution in [-0.2, 0) is 20.0 Å². The lowest BCUT2D eigenvalue weighted by atomic mass is 10.2. The molecule has 0 spiro atoms. The zero-order valence-corrected chi connectivity index (χ0v) is 13.2. The zero-order valence-electron chi connectivity index (χ0n) is 11.6. The van der Waals surface area contributed by atoms with Crippen LogP contribution in [0.4, 0.5) is 0 Å². The van der Waals surface area contributed by atoms with Gasteiger partial charge in [-0.2, -0.15) is 0 Å². The number of hydrogen-bond acceptors (Lipinski definition) is 4. The first-order valence-corrected chi connectivity index (χ1v) is 9.09. The molecule has 2 aromatic carbocycles. The van der Waals surface area contributed by atoms with Crippen LogP contribution in [0.5, 0.6) is 0 Å². The van der Waals surface area contributed by atoms with E-state index >= 15 is 0 Å². The number of aryl methyl sites for hydroxylation is 2. The van der Waals surface area contributed by atoms with E-state index in [-0.39, 0.29) is 9.79 Å². The predicted octanol–water partition coefficient (Wildman–Crippen LogP) is 1.97. The molecule has 2 rings (SSSR count). The minimum atomic E-state index is -4.14. The van der Waals surface area contributed by atoms with Gasteiger partial charge in [-0.25, -0.2) is 16.8 Å². The summed E-state index contributed by atoms with van der Waals surface area (Å²) in [5.74, 6) is 0. The second-order valence-electron chi connectivity index (χ2n) is 4.72. The summed E-state index contributed by atoms with van der Waals surface area (Å²) in [6.07, 6.45) is 0. The Morgan fingerprint density at radius 1 is 0.714 bits per heavy atom. The summed E-state index contributed by atoms with van der Waals surface area (Å²) in [6.45, 7) is 3.54. The van der Waals surface area contributed by atoms with Gasteiger partial charge < -0.3 is 0 Å². The average molecular weight is 325 g/mol. The van der Waals surface area contributed by atoms with Crippen LogP contribution in [0.25, 0.3) is 0 Å². The molecule has 0 aliphatic carbocycles. The zero-order chi connectivity index (χ0) is 15.7. The van der Waals surface area contributed by atoms with E-state index in [1.807, 2.05) is 6.92 Å². The molecule has 0 amide bonds. The number of benzene rings is 2. The molecule has 0 saturated carbocycles. The third kappa shape index (κ3) is 3.69. The Hall–Kier alpha value is -1.70. The molecular weight excluding hydrogens is 310 g/mol. The van der Waals surface area contributed by atoms with Gasteiger partial charge in [0.05, 0.1) is 9.79 Å². The minimum absolute atomic E-state index is 0.0850. The quantitative estimate of drug-likeness (QED) is 0.932. The fraction of sp³-hybridized carbons (Fsp3) is 0.143. The van der Waals surface area contributed by atoms with Crippen molar-refractivity contribution in [1.29, 1.82) is 0 Å². The summed E-state index contributed by atoms with van der Waals surface area (Å²) < 4.78 is 50.3. The summed E-state index contributed by atoms with van der Waals surface area (Å²) in [4.78, 5) is -0.178. The molecule has 0 atom stereocenters. The van der Waals surface area contributed by atoms with Gasteiger partial charge >= 0.3 is 0 Å². The highest BCUT2D eigenvalue weighted by atomic mass is 32.3. The minimum Gasteiger partial charge on any atom is -0.206 e. The van der Waals surface area contributed by atoms with Crippen LogP contribution in [0.1, 0.15) is 11.1 Å². The molecule has 7 heteroatoms. The van der Waals surface area contributed by atoms with E-state index in [2.05, 4.69) is 0 Å². The number of sulfonamides is 2. The lowest BCUT2D eigenvalue weighted by Crippen LogP contribution is -2.30. The van der Waals surface area contributed by atoms with Crippen molar-refractivity contribution in [2.75, 3.05) is 0 Å². The number of hydrogen-bond donors (Lipinski definition) is 1. The predicted molar refractivity (Wildman–Crippen MR) is 79.9 cm³/mol. The molecule has 0 unspecified atom stereocenters. The van der Waals surface area contributed by atoms with Gasteiger partial charge in [-0.3, -0.25) is 0 Å². The average Bonchev–Trinajstić information content (AvgIpc) is 2.38. The van der Waals surface area contributed by atoms with Crippen molar-refractivity contribution >= 4 is 20.0 Å². The Labute approximate surface area is 124 Å². The molecule has 0 radical (unpaired) electrons. The standard InChI is InChI=1S/C14H15NO4S2/c1-11-6-8-13(9-7-11)20(16,17)15-21(18,19)14-5-3-4-12(2)10-14/h3-10,15H,1-2H3. The Morgan fingerprint density at radius 3 is 1.86 bits per heavy atom. The molecule has 0 aliphatic heterocycles. The van der Waals surface area contributed by atoms with Gasteiger partial charge in [0.2, 0.25) is 0 Å². The topological polar surface area (TPSA) is 80.3 Å². The smallest absolute Gasteiger partial charge is 0.206 e. The maximum Gasteiger partial charge on any atom is 0.253 e. The van der Waals surface area contributed by atoms with Crippen molar-refractivity contribution in [3.63, 3.8) is 0 Å². The highest BCUT2D eigenvalue weighted by molar-refractivity contribution is 8.04. The molecule has 0 aliphatic rings. The van der Waals surface area contributed by atoms with Gasteiger partial charge in [-0.05, 0) is 43.7 Å². The van der Waals surface area contributed by atoms with Crippen molar-refractivity contribution in [1.82, 2.24) is 4.13 Å². The Kier molecular flexibility index (Phi) is 4.18. The van der Waals surface area contributed by atoms with E-state index in [0.717, 1.165) is 11.1 Å². The summed E-state index contributed by atoms with van der Waals surface area (Å²) in [5.41, 5.74) is 1.61. The third-order valence-corrected chi connectivity index (χ3v) is 6.37. The first-order chi connectivity index (χ1) is 9.71. The van der Waals surface area contributed by atoms with E-state index in [4.69, 9.17) is 0 Å². The van der Waals surface area contributed by atoms with Crippen molar-refractivity contribution in [3.05, 3.63) is 59.7 Å². The first-order valence-electron chi connectivity index (χ1n) is 6.13. The molecule has 0 aromatic heterocycles. The molecule has 112 valence electrons. The lowest BCUT2D eigenvalue weighted by molar-refractivity contribution is 0.577. The Balaban J connectivity index is 2.38. The lowest BCUT2D eigenvalue weighted by Gasteiger charge is -2.08. The molecule has 0 heterocycles. The maximum absolute atomic E-state index is 12.1. The van der Waals surface area contributed by atoms with Crippen LogP contribution in [0.2, 0.25) is 0 Å². The van der Waals surface area contributed by atoms with Gasteiger partial charge in [0.25, 0.3) is 20.0 Å². The monoisotopic (exact) mass is 325 g/mol. The molecule has 21 heavy (non-hydrogen) atoms. The van der Waals surface area contributed by atoms with E-state index in [1.54, 1.807) is 35.3 Å². The van der Waals surface area contributed by atoms with Crippen LogP contribution in [0, 0.1) is 13.8 Å². The molecule has 0 fully saturated rings. The highest BCUT2D eigenvalue weighted by Gasteiger charge is 2.24. The van der Waals surface area contributed by atoms with Gasteiger partial charge in [-0.15, -0.1) is 4.13 Å². The highest BCUT2D eigenvalue weighted by Crippen LogP contribution is 2.15. The van der Waals surface area contributed by atoms with Crippen molar-refractivity contribution in [2.45, 2.75) is 23.6 Å². The van der Waals surface area contributed by atoms with Crippen LogP contribution in [-0.4, -0.2) is 16.8 Å². The Morgan fingerprint density at radius 2 is 1.29 bits per heavy atom. The molecular formula is C14H15NO4S2. The first kappa shape index (κ1) is 15.7. The number of nitrogens with one attached hydrogen (secondary N) is 1. The fourth-order valence-corrected chi connectivity index (χ4v) is 4.76. The summed E-state index contributed by atoms with van der Waals surface area (Å²) >= 11 is 0. The van der Waals surface area contributed by atoms with Gasteiger partial charge in [-0.1, -0.05) is 29.8 Å². The second-order valence-corrected chi connectivity index (χ2v) is 8.34. The van der Waals surface area contributed by atoms with Crippen LogP contribution in [0.3, 0.4) is 0 Å². The van der Waals surface area contributed by atoms with Gasteiger partial charge in [0.1, 0.15) is 0 Å². The van der Waals surface area contributed by atoms with E-state index in [1.165, 1.54) is 24.3 Å². The van der Waals surface area contributed by atoms with Gasteiger partial charge in [0, 0.05) is 0 Å². The van der Waals surface area contributed by atoms with Crippen molar-refractivity contribution in [3.8, 4) is 0 Å². The van der Waals surface area contributed by atoms with E-state index in [9.17, 15) is 16.8 Å².